The number of nitro groups is 2. The number of carbonyl (C=O) groups is 1. The number of Topliss-reactive ketones (excluding diaryl/α,β-unsaturated/α-hetero) is 1. The molecule has 24 heavy (non-hydrogen) atoms. The van der Waals surface area contributed by atoms with Gasteiger partial charge in [-0.1, -0.05) is 13.8 Å². The Morgan fingerprint density at radius 3 is 2.29 bits per heavy atom. The number of carbonyl (C=O) groups excluding carboxylic acids is 1. The maximum absolute atomic E-state index is 12.5. The number of fused-ring (bicyclic) bond motifs is 1. The molecule has 2 atom stereocenters. The van der Waals surface area contributed by atoms with Crippen molar-refractivity contribution in [1.29, 1.82) is 0 Å². The number of rotatable bonds is 3. The highest BCUT2D eigenvalue weighted by atomic mass is 16.6. The second-order valence-electron chi connectivity index (χ2n) is 6.97. The first kappa shape index (κ1) is 16.0. The van der Waals surface area contributed by atoms with Crippen molar-refractivity contribution in [3.8, 4) is 0 Å². The molecule has 1 aliphatic heterocycles. The van der Waals surface area contributed by atoms with Gasteiger partial charge in [-0.25, -0.2) is 0 Å². The van der Waals surface area contributed by atoms with Gasteiger partial charge in [-0.15, -0.1) is 0 Å². The Bertz CT molecular complexity index is 754. The van der Waals surface area contributed by atoms with Crippen LogP contribution in [0.3, 0.4) is 0 Å². The topological polar surface area (TPSA) is 128 Å². The molecule has 1 fully saturated rings. The summed E-state index contributed by atoms with van der Waals surface area (Å²) >= 11 is 0. The third kappa shape index (κ3) is 2.72. The average Bonchev–Trinajstić information content (AvgIpc) is 2.89. The first-order valence-corrected chi connectivity index (χ1v) is 7.48. The summed E-state index contributed by atoms with van der Waals surface area (Å²) in [4.78, 5) is 33.2. The predicted octanol–water partition coefficient (Wildman–Crippen LogP) is 2.18. The van der Waals surface area contributed by atoms with E-state index in [2.05, 4.69) is 10.5 Å². The zero-order valence-corrected chi connectivity index (χ0v) is 13.2. The summed E-state index contributed by atoms with van der Waals surface area (Å²) in [7, 11) is 0. The lowest BCUT2D eigenvalue weighted by molar-refractivity contribution is -0.394. The van der Waals surface area contributed by atoms with Crippen LogP contribution in [0.4, 0.5) is 11.4 Å². The minimum absolute atomic E-state index is 0.00541. The molecule has 1 N–H and O–H groups in total. The normalized spacial score (nSPS) is 24.8. The van der Waals surface area contributed by atoms with Crippen molar-refractivity contribution in [1.82, 2.24) is 5.43 Å². The molecule has 0 bridgehead atoms. The molecule has 0 saturated heterocycles. The minimum atomic E-state index is -0.692. The van der Waals surface area contributed by atoms with E-state index in [9.17, 15) is 25.0 Å². The van der Waals surface area contributed by atoms with Crippen LogP contribution in [0.1, 0.15) is 32.3 Å². The highest BCUT2D eigenvalue weighted by Gasteiger charge is 2.46. The molecule has 0 aromatic heterocycles. The van der Waals surface area contributed by atoms with E-state index in [4.69, 9.17) is 0 Å². The standard InChI is InChI=1S/C15H16N4O5/c1-15(2)6-11-13(12(20)7-15)14(17-16-11)8-3-9(18(21)22)5-10(4-8)19(23)24/h3-5,11,13,16H,6-7H2,1-2H3. The van der Waals surface area contributed by atoms with Crippen molar-refractivity contribution < 1.29 is 14.6 Å². The van der Waals surface area contributed by atoms with Gasteiger partial charge in [0.15, 0.2) is 0 Å². The summed E-state index contributed by atoms with van der Waals surface area (Å²) < 4.78 is 0. The molecule has 2 unspecified atom stereocenters. The van der Waals surface area contributed by atoms with Crippen LogP contribution in [-0.2, 0) is 4.79 Å². The molecule has 1 saturated carbocycles. The van der Waals surface area contributed by atoms with Gasteiger partial charge in [0.2, 0.25) is 0 Å². The monoisotopic (exact) mass is 332 g/mol. The van der Waals surface area contributed by atoms with Gasteiger partial charge in [0.1, 0.15) is 5.78 Å². The van der Waals surface area contributed by atoms with Crippen LogP contribution in [0.2, 0.25) is 0 Å². The first-order valence-electron chi connectivity index (χ1n) is 7.48. The van der Waals surface area contributed by atoms with E-state index in [1.807, 2.05) is 13.8 Å². The number of hydrogen-bond donors (Lipinski definition) is 1. The first-order chi connectivity index (χ1) is 11.2. The molecule has 1 aromatic carbocycles. The molecule has 1 heterocycles. The molecule has 126 valence electrons. The summed E-state index contributed by atoms with van der Waals surface area (Å²) in [6, 6.07) is 3.16. The van der Waals surface area contributed by atoms with Crippen LogP contribution in [0.25, 0.3) is 0 Å². The number of benzene rings is 1. The second kappa shape index (κ2) is 5.36. The molecule has 0 spiro atoms. The van der Waals surface area contributed by atoms with E-state index in [-0.39, 0.29) is 22.8 Å². The number of ketones is 1. The molecule has 9 nitrogen and oxygen atoms in total. The van der Waals surface area contributed by atoms with E-state index < -0.39 is 27.1 Å². The smallest absolute Gasteiger partial charge is 0.276 e. The lowest BCUT2D eigenvalue weighted by atomic mass is 9.68. The zero-order chi connectivity index (χ0) is 17.6. The molecular formula is C15H16N4O5. The lowest BCUT2D eigenvalue weighted by Gasteiger charge is -2.36. The Hall–Kier alpha value is -2.84. The van der Waals surface area contributed by atoms with Crippen molar-refractivity contribution in [2.45, 2.75) is 32.7 Å². The second-order valence-corrected chi connectivity index (χ2v) is 6.97. The molecule has 1 aromatic rings. The third-order valence-corrected chi connectivity index (χ3v) is 4.44. The number of nitrogens with one attached hydrogen (secondary N) is 1. The van der Waals surface area contributed by atoms with Crippen LogP contribution < -0.4 is 5.43 Å². The SMILES string of the molecule is CC1(C)CC(=O)C2C(c3cc([N+](=O)[O-])cc([N+](=O)[O-])c3)=NNC2C1. The minimum Gasteiger partial charge on any atom is -0.306 e. The van der Waals surface area contributed by atoms with Crippen molar-refractivity contribution in [3.63, 3.8) is 0 Å². The van der Waals surface area contributed by atoms with E-state index in [1.165, 1.54) is 12.1 Å². The fourth-order valence-corrected chi connectivity index (χ4v) is 3.47. The highest BCUT2D eigenvalue weighted by Crippen LogP contribution is 2.40. The Morgan fingerprint density at radius 2 is 1.75 bits per heavy atom. The van der Waals surface area contributed by atoms with Crippen molar-refractivity contribution in [2.24, 2.45) is 16.4 Å². The maximum Gasteiger partial charge on any atom is 0.276 e. The number of hydrazone groups is 1. The Morgan fingerprint density at radius 1 is 1.17 bits per heavy atom. The Labute approximate surface area is 137 Å². The third-order valence-electron chi connectivity index (χ3n) is 4.44. The summed E-state index contributed by atoms with van der Waals surface area (Å²) in [5.74, 6) is -0.534. The van der Waals surface area contributed by atoms with E-state index in [0.29, 0.717) is 12.1 Å². The van der Waals surface area contributed by atoms with Crippen molar-refractivity contribution >= 4 is 22.9 Å². The molecule has 0 radical (unpaired) electrons. The molecule has 3 rings (SSSR count). The van der Waals surface area contributed by atoms with Gasteiger partial charge in [-0.2, -0.15) is 5.10 Å². The van der Waals surface area contributed by atoms with Gasteiger partial charge in [0.05, 0.1) is 33.6 Å². The van der Waals surface area contributed by atoms with E-state index in [0.717, 1.165) is 12.5 Å². The fourth-order valence-electron chi connectivity index (χ4n) is 3.47. The summed E-state index contributed by atoms with van der Waals surface area (Å²) in [6.07, 6.45) is 1.11. The van der Waals surface area contributed by atoms with Crippen molar-refractivity contribution in [2.75, 3.05) is 0 Å². The molecule has 1 aliphatic carbocycles. The number of nitro benzene ring substituents is 2. The average molecular weight is 332 g/mol. The zero-order valence-electron chi connectivity index (χ0n) is 13.2. The van der Waals surface area contributed by atoms with Crippen LogP contribution in [0, 0.1) is 31.6 Å². The molecular weight excluding hydrogens is 316 g/mol. The van der Waals surface area contributed by atoms with Crippen LogP contribution in [0.15, 0.2) is 23.3 Å². The Kier molecular flexibility index (Phi) is 3.58. The van der Waals surface area contributed by atoms with E-state index >= 15 is 0 Å². The largest absolute Gasteiger partial charge is 0.306 e. The number of nitrogens with zero attached hydrogens (tertiary/aromatic N) is 3. The van der Waals surface area contributed by atoms with Gasteiger partial charge in [-0.05, 0) is 11.8 Å². The van der Waals surface area contributed by atoms with Gasteiger partial charge in [0, 0.05) is 24.1 Å². The lowest BCUT2D eigenvalue weighted by Crippen LogP contribution is -2.45. The summed E-state index contributed by atoms with van der Waals surface area (Å²) in [6.45, 7) is 4.00. The number of non-ortho nitro benzene ring substituents is 2. The quantitative estimate of drug-likeness (QED) is 0.667. The predicted molar refractivity (Wildman–Crippen MR) is 84.7 cm³/mol. The molecule has 2 aliphatic rings. The highest BCUT2D eigenvalue weighted by molar-refractivity contribution is 6.16. The van der Waals surface area contributed by atoms with Gasteiger partial charge in [0.25, 0.3) is 11.4 Å². The number of hydrogen-bond acceptors (Lipinski definition) is 7. The maximum atomic E-state index is 12.5. The summed E-state index contributed by atoms with van der Waals surface area (Å²) in [5, 5.41) is 26.2. The van der Waals surface area contributed by atoms with Gasteiger partial charge >= 0.3 is 0 Å². The fraction of sp³-hybridized carbons (Fsp3) is 0.467. The van der Waals surface area contributed by atoms with Gasteiger partial charge < -0.3 is 5.43 Å². The van der Waals surface area contributed by atoms with Crippen LogP contribution in [-0.4, -0.2) is 27.4 Å². The molecule has 0 amide bonds. The van der Waals surface area contributed by atoms with Crippen LogP contribution >= 0.6 is 0 Å². The molecule has 9 heteroatoms. The van der Waals surface area contributed by atoms with Gasteiger partial charge in [-0.3, -0.25) is 25.0 Å². The van der Waals surface area contributed by atoms with E-state index in [1.54, 1.807) is 0 Å². The Balaban J connectivity index is 2.02. The van der Waals surface area contributed by atoms with Crippen molar-refractivity contribution in [3.05, 3.63) is 44.0 Å². The van der Waals surface area contributed by atoms with Crippen LogP contribution in [0.5, 0.6) is 0 Å². The summed E-state index contributed by atoms with van der Waals surface area (Å²) in [5.41, 5.74) is 2.56.